The van der Waals surface area contributed by atoms with E-state index in [1.165, 1.54) is 4.90 Å². The Morgan fingerprint density at radius 2 is 1.65 bits per heavy atom. The standard InChI is InChI=1S/C12H20N2O3/c1-3-5-10(15)7-14-9-11(16)13(6-4-2)8-12(14)17/h3-9H2,1-2H3. The van der Waals surface area contributed by atoms with Crippen molar-refractivity contribution in [2.24, 2.45) is 0 Å². The lowest BCUT2D eigenvalue weighted by atomic mass is 10.2. The number of carbonyl (C=O) groups is 3. The van der Waals surface area contributed by atoms with E-state index in [1.807, 2.05) is 13.8 Å². The van der Waals surface area contributed by atoms with E-state index in [4.69, 9.17) is 0 Å². The molecule has 0 bridgehead atoms. The molecule has 17 heavy (non-hydrogen) atoms. The number of ketones is 1. The molecule has 5 heteroatoms. The van der Waals surface area contributed by atoms with Crippen LogP contribution in [0.15, 0.2) is 0 Å². The molecular formula is C12H20N2O3. The first-order valence-electron chi connectivity index (χ1n) is 6.15. The van der Waals surface area contributed by atoms with Crippen LogP contribution in [0.4, 0.5) is 0 Å². The quantitative estimate of drug-likeness (QED) is 0.676. The number of carbonyl (C=O) groups excluding carboxylic acids is 3. The van der Waals surface area contributed by atoms with E-state index in [9.17, 15) is 14.4 Å². The second kappa shape index (κ2) is 6.37. The zero-order valence-electron chi connectivity index (χ0n) is 10.6. The van der Waals surface area contributed by atoms with Crippen molar-refractivity contribution in [1.82, 2.24) is 9.80 Å². The molecule has 0 unspecified atom stereocenters. The van der Waals surface area contributed by atoms with Crippen molar-refractivity contribution in [3.05, 3.63) is 0 Å². The summed E-state index contributed by atoms with van der Waals surface area (Å²) in [6.07, 6.45) is 2.08. The SMILES string of the molecule is CCCC(=O)CN1CC(=O)N(CCC)CC1=O. The maximum absolute atomic E-state index is 11.7. The average Bonchev–Trinajstić information content (AvgIpc) is 2.26. The van der Waals surface area contributed by atoms with Gasteiger partial charge in [0.05, 0.1) is 13.1 Å². The predicted octanol–water partition coefficient (Wildman–Crippen LogP) is 0.436. The lowest BCUT2D eigenvalue weighted by Crippen LogP contribution is -2.54. The van der Waals surface area contributed by atoms with Crippen LogP contribution in [0.1, 0.15) is 33.1 Å². The number of rotatable bonds is 6. The molecule has 0 radical (unpaired) electrons. The lowest BCUT2D eigenvalue weighted by molar-refractivity contribution is -0.151. The minimum absolute atomic E-state index is 0.0255. The molecular weight excluding hydrogens is 220 g/mol. The highest BCUT2D eigenvalue weighted by Crippen LogP contribution is 2.06. The smallest absolute Gasteiger partial charge is 0.243 e. The highest BCUT2D eigenvalue weighted by atomic mass is 16.2. The highest BCUT2D eigenvalue weighted by molar-refractivity contribution is 5.95. The molecule has 1 aliphatic heterocycles. The van der Waals surface area contributed by atoms with Crippen LogP contribution in [0.3, 0.4) is 0 Å². The lowest BCUT2D eigenvalue weighted by Gasteiger charge is -2.33. The van der Waals surface area contributed by atoms with Crippen LogP contribution in [0.5, 0.6) is 0 Å². The molecule has 1 saturated heterocycles. The summed E-state index contributed by atoms with van der Waals surface area (Å²) in [5, 5.41) is 0. The van der Waals surface area contributed by atoms with Gasteiger partial charge < -0.3 is 9.80 Å². The number of amides is 2. The summed E-state index contributed by atoms with van der Waals surface area (Å²) in [6.45, 7) is 4.75. The van der Waals surface area contributed by atoms with Gasteiger partial charge in [-0.3, -0.25) is 14.4 Å². The Morgan fingerprint density at radius 3 is 2.24 bits per heavy atom. The van der Waals surface area contributed by atoms with Crippen LogP contribution in [0.2, 0.25) is 0 Å². The fourth-order valence-electron chi connectivity index (χ4n) is 1.89. The molecule has 2 amide bonds. The average molecular weight is 240 g/mol. The van der Waals surface area contributed by atoms with E-state index in [0.717, 1.165) is 12.8 Å². The Hall–Kier alpha value is -1.39. The highest BCUT2D eigenvalue weighted by Gasteiger charge is 2.29. The first-order chi connectivity index (χ1) is 8.08. The zero-order chi connectivity index (χ0) is 12.8. The number of piperazine rings is 1. The Labute approximate surface area is 102 Å². The summed E-state index contributed by atoms with van der Waals surface area (Å²) in [7, 11) is 0. The van der Waals surface area contributed by atoms with Crippen LogP contribution < -0.4 is 0 Å². The molecule has 1 rings (SSSR count). The summed E-state index contributed by atoms with van der Waals surface area (Å²) in [5.41, 5.74) is 0. The van der Waals surface area contributed by atoms with Crippen LogP contribution in [0, 0.1) is 0 Å². The Bertz CT molecular complexity index is 315. The summed E-state index contributed by atoms with van der Waals surface area (Å²) < 4.78 is 0. The molecule has 96 valence electrons. The van der Waals surface area contributed by atoms with Crippen molar-refractivity contribution in [1.29, 1.82) is 0 Å². The molecule has 5 nitrogen and oxygen atoms in total. The van der Waals surface area contributed by atoms with E-state index in [2.05, 4.69) is 0 Å². The monoisotopic (exact) mass is 240 g/mol. The second-order valence-corrected chi connectivity index (χ2v) is 4.35. The normalized spacial score (nSPS) is 16.6. The molecule has 0 N–H and O–H groups in total. The van der Waals surface area contributed by atoms with Crippen molar-refractivity contribution in [2.45, 2.75) is 33.1 Å². The number of hydrogen-bond donors (Lipinski definition) is 0. The fourth-order valence-corrected chi connectivity index (χ4v) is 1.89. The topological polar surface area (TPSA) is 57.7 Å². The number of Topliss-reactive ketones (excluding diaryl/α,β-unsaturated/α-hetero) is 1. The minimum atomic E-state index is -0.123. The van der Waals surface area contributed by atoms with Crippen molar-refractivity contribution < 1.29 is 14.4 Å². The van der Waals surface area contributed by atoms with Gasteiger partial charge >= 0.3 is 0 Å². The van der Waals surface area contributed by atoms with Crippen LogP contribution in [0.25, 0.3) is 0 Å². The van der Waals surface area contributed by atoms with Gasteiger partial charge in [0.1, 0.15) is 6.54 Å². The van der Waals surface area contributed by atoms with Gasteiger partial charge in [-0.1, -0.05) is 13.8 Å². The maximum atomic E-state index is 11.7. The Kier molecular flexibility index (Phi) is 5.12. The van der Waals surface area contributed by atoms with Gasteiger partial charge in [0.25, 0.3) is 0 Å². The van der Waals surface area contributed by atoms with Crippen LogP contribution in [-0.2, 0) is 14.4 Å². The summed E-state index contributed by atoms with van der Waals surface area (Å²) in [6, 6.07) is 0. The van der Waals surface area contributed by atoms with Gasteiger partial charge in [-0.25, -0.2) is 0 Å². The third-order valence-electron chi connectivity index (χ3n) is 2.75. The molecule has 0 atom stereocenters. The van der Waals surface area contributed by atoms with E-state index >= 15 is 0 Å². The first kappa shape index (κ1) is 13.7. The van der Waals surface area contributed by atoms with Crippen molar-refractivity contribution >= 4 is 17.6 Å². The number of nitrogens with zero attached hydrogens (tertiary/aromatic N) is 2. The second-order valence-electron chi connectivity index (χ2n) is 4.35. The molecule has 1 heterocycles. The third-order valence-corrected chi connectivity index (χ3v) is 2.75. The third kappa shape index (κ3) is 3.84. The molecule has 0 spiro atoms. The van der Waals surface area contributed by atoms with Gasteiger partial charge in [0, 0.05) is 13.0 Å². The van der Waals surface area contributed by atoms with E-state index < -0.39 is 0 Å². The minimum Gasteiger partial charge on any atom is -0.332 e. The summed E-state index contributed by atoms with van der Waals surface area (Å²) in [5.74, 6) is -0.157. The molecule has 0 saturated carbocycles. The summed E-state index contributed by atoms with van der Waals surface area (Å²) >= 11 is 0. The van der Waals surface area contributed by atoms with Gasteiger partial charge in [-0.2, -0.15) is 0 Å². The molecule has 1 fully saturated rings. The van der Waals surface area contributed by atoms with E-state index in [1.54, 1.807) is 4.90 Å². The van der Waals surface area contributed by atoms with Gasteiger partial charge in [-0.15, -0.1) is 0 Å². The predicted molar refractivity (Wildman–Crippen MR) is 63.4 cm³/mol. The fraction of sp³-hybridized carbons (Fsp3) is 0.750. The molecule has 0 aromatic rings. The van der Waals surface area contributed by atoms with Gasteiger partial charge in [-0.05, 0) is 12.8 Å². The first-order valence-corrected chi connectivity index (χ1v) is 6.15. The molecule has 0 aliphatic carbocycles. The van der Waals surface area contributed by atoms with Crippen molar-refractivity contribution in [2.75, 3.05) is 26.2 Å². The zero-order valence-corrected chi connectivity index (χ0v) is 10.6. The van der Waals surface area contributed by atoms with Crippen LogP contribution >= 0.6 is 0 Å². The van der Waals surface area contributed by atoms with Crippen molar-refractivity contribution in [3.8, 4) is 0 Å². The maximum Gasteiger partial charge on any atom is 0.243 e. The molecule has 0 aromatic heterocycles. The van der Waals surface area contributed by atoms with Crippen LogP contribution in [-0.4, -0.2) is 53.6 Å². The Morgan fingerprint density at radius 1 is 1.06 bits per heavy atom. The van der Waals surface area contributed by atoms with Gasteiger partial charge in [0.15, 0.2) is 5.78 Å². The summed E-state index contributed by atoms with van der Waals surface area (Å²) in [4.78, 5) is 37.8. The molecule has 1 aliphatic rings. The van der Waals surface area contributed by atoms with E-state index in [0.29, 0.717) is 13.0 Å². The Balaban J connectivity index is 2.52. The van der Waals surface area contributed by atoms with Gasteiger partial charge in [0.2, 0.25) is 11.8 Å². The number of hydrogen-bond acceptors (Lipinski definition) is 3. The van der Waals surface area contributed by atoms with Crippen molar-refractivity contribution in [3.63, 3.8) is 0 Å². The largest absolute Gasteiger partial charge is 0.332 e. The molecule has 0 aromatic carbocycles. The van der Waals surface area contributed by atoms with E-state index in [-0.39, 0.29) is 37.2 Å².